The normalized spacial score (nSPS) is 17.8. The fraction of sp³-hybridized carbons (Fsp3) is 0.211. The summed E-state index contributed by atoms with van der Waals surface area (Å²) in [5.74, 6) is 1.41. The molecule has 2 aliphatic heterocycles. The Morgan fingerprint density at radius 1 is 1.04 bits per heavy atom. The average Bonchev–Trinajstić information content (AvgIpc) is 3.35. The molecule has 0 saturated heterocycles. The van der Waals surface area contributed by atoms with Crippen LogP contribution in [0.5, 0.6) is 11.5 Å². The molecule has 1 N–H and O–H groups in total. The molecule has 1 aromatic heterocycles. The van der Waals surface area contributed by atoms with Gasteiger partial charge in [-0.1, -0.05) is 18.2 Å². The van der Waals surface area contributed by atoms with Crippen LogP contribution >= 0.6 is 0 Å². The highest BCUT2D eigenvalue weighted by Crippen LogP contribution is 2.36. The van der Waals surface area contributed by atoms with E-state index in [4.69, 9.17) is 9.47 Å². The Labute approximate surface area is 154 Å². The second-order valence-electron chi connectivity index (χ2n) is 6.57. The molecule has 0 bridgehead atoms. The Hall–Kier alpha value is -3.55. The molecule has 0 saturated carbocycles. The number of nitrogens with zero attached hydrogens (tertiary/aromatic N) is 3. The molecule has 0 aliphatic carbocycles. The molecular weight excluding hydrogens is 348 g/mol. The summed E-state index contributed by atoms with van der Waals surface area (Å²) >= 11 is 0. The molecule has 0 radical (unpaired) electrons. The Morgan fingerprint density at radius 2 is 1.78 bits per heavy atom. The van der Waals surface area contributed by atoms with Gasteiger partial charge in [-0.25, -0.2) is 0 Å². The monoisotopic (exact) mass is 364 g/mol. The van der Waals surface area contributed by atoms with Gasteiger partial charge in [0.1, 0.15) is 5.71 Å². The van der Waals surface area contributed by atoms with Crippen molar-refractivity contribution in [2.45, 2.75) is 19.4 Å². The molecule has 27 heavy (non-hydrogen) atoms. The summed E-state index contributed by atoms with van der Waals surface area (Å²) in [4.78, 5) is 0. The highest BCUT2D eigenvalue weighted by Gasteiger charge is 2.34. The maximum atomic E-state index is 12.9. The summed E-state index contributed by atoms with van der Waals surface area (Å²) < 4.78 is 12.3. The number of hydrogen-bond donors (Lipinski definition) is 1. The number of para-hydroxylation sites is 2. The second kappa shape index (κ2) is 5.73. The molecule has 3 heterocycles. The van der Waals surface area contributed by atoms with E-state index in [0.29, 0.717) is 46.1 Å². The van der Waals surface area contributed by atoms with Crippen LogP contribution < -0.4 is 24.4 Å². The topological polar surface area (TPSA) is 96.7 Å². The van der Waals surface area contributed by atoms with Crippen molar-refractivity contribution >= 4 is 16.7 Å². The van der Waals surface area contributed by atoms with E-state index >= 15 is 0 Å². The van der Waals surface area contributed by atoms with Gasteiger partial charge in [0.05, 0.1) is 6.04 Å². The van der Waals surface area contributed by atoms with Crippen molar-refractivity contribution in [2.75, 3.05) is 6.79 Å². The van der Waals surface area contributed by atoms with E-state index in [-0.39, 0.29) is 12.8 Å². The maximum absolute atomic E-state index is 12.9. The van der Waals surface area contributed by atoms with E-state index in [9.17, 15) is 10.4 Å². The number of rotatable bonds is 2. The van der Waals surface area contributed by atoms with Crippen molar-refractivity contribution in [3.8, 4) is 11.5 Å². The van der Waals surface area contributed by atoms with Gasteiger partial charge in [0.25, 0.3) is 16.7 Å². The molecule has 1 atom stereocenters. The van der Waals surface area contributed by atoms with Crippen molar-refractivity contribution in [1.82, 2.24) is 5.43 Å². The second-order valence-corrected chi connectivity index (χ2v) is 6.57. The van der Waals surface area contributed by atoms with E-state index in [1.165, 1.54) is 0 Å². The van der Waals surface area contributed by atoms with Gasteiger partial charge in [-0.3, -0.25) is 0 Å². The van der Waals surface area contributed by atoms with Crippen molar-refractivity contribution in [2.24, 2.45) is 5.10 Å². The molecule has 2 aliphatic rings. The van der Waals surface area contributed by atoms with Crippen LogP contribution in [-0.2, 0) is 0 Å². The largest absolute Gasteiger partial charge is 0.618 e. The third-order valence-electron chi connectivity index (χ3n) is 4.99. The van der Waals surface area contributed by atoms with Gasteiger partial charge in [-0.05, 0) is 17.7 Å². The lowest BCUT2D eigenvalue weighted by molar-refractivity contribution is -0.634. The molecule has 0 amide bonds. The average molecular weight is 364 g/mol. The fourth-order valence-electron chi connectivity index (χ4n) is 3.59. The molecule has 136 valence electrons. The first kappa shape index (κ1) is 15.7. The summed E-state index contributed by atoms with van der Waals surface area (Å²) in [6.07, 6.45) is 0.487. The van der Waals surface area contributed by atoms with Gasteiger partial charge in [-0.2, -0.15) is 14.6 Å². The first-order chi connectivity index (χ1) is 13.1. The first-order valence-electron chi connectivity index (χ1n) is 8.60. The van der Waals surface area contributed by atoms with Crippen LogP contribution in [0.15, 0.2) is 47.6 Å². The number of aromatic nitrogens is 2. The van der Waals surface area contributed by atoms with E-state index in [2.05, 4.69) is 10.5 Å². The molecule has 5 rings (SSSR count). The zero-order valence-corrected chi connectivity index (χ0v) is 14.5. The number of benzene rings is 2. The quantitative estimate of drug-likeness (QED) is 0.550. The van der Waals surface area contributed by atoms with E-state index in [1.807, 2.05) is 18.2 Å². The summed E-state index contributed by atoms with van der Waals surface area (Å²) in [5.41, 5.74) is 5.88. The minimum absolute atomic E-state index is 0.111. The highest BCUT2D eigenvalue weighted by molar-refractivity contribution is 6.00. The summed E-state index contributed by atoms with van der Waals surface area (Å²) in [6, 6.07) is 12.3. The lowest BCUT2D eigenvalue weighted by Gasteiger charge is -2.12. The summed E-state index contributed by atoms with van der Waals surface area (Å²) in [7, 11) is 0. The van der Waals surface area contributed by atoms with E-state index in [0.717, 1.165) is 15.0 Å². The molecule has 0 spiro atoms. The number of nitrogens with one attached hydrogen (secondary N) is 1. The van der Waals surface area contributed by atoms with E-state index in [1.54, 1.807) is 31.2 Å². The minimum atomic E-state index is -0.111. The Morgan fingerprint density at radius 3 is 2.59 bits per heavy atom. The molecular formula is C19H16N4O4. The van der Waals surface area contributed by atoms with Crippen LogP contribution in [0.1, 0.15) is 29.4 Å². The highest BCUT2D eigenvalue weighted by atomic mass is 16.7. The Bertz CT molecular complexity index is 1110. The van der Waals surface area contributed by atoms with Crippen LogP contribution in [-0.4, -0.2) is 12.5 Å². The number of fused-ring (bicyclic) bond motifs is 2. The van der Waals surface area contributed by atoms with Crippen LogP contribution in [0.2, 0.25) is 0 Å². The van der Waals surface area contributed by atoms with Crippen LogP contribution in [0, 0.1) is 17.3 Å². The standard InChI is InChI=1S/C19H16N4O4/c1-11-19(23(25)16-5-3-2-4-15(16)22(11)24)14-9-13(20-21-14)12-6-7-17-18(8-12)27-10-26-17/h2-8,13,20H,9-10H2,1H3. The Balaban J connectivity index is 1.52. The molecule has 0 fully saturated rings. The number of ether oxygens (including phenoxy) is 2. The summed E-state index contributed by atoms with van der Waals surface area (Å²) in [5, 5.41) is 29.8. The fourth-order valence-corrected chi connectivity index (χ4v) is 3.59. The van der Waals surface area contributed by atoms with Gasteiger partial charge in [0.2, 0.25) is 6.79 Å². The van der Waals surface area contributed by atoms with Gasteiger partial charge >= 0.3 is 5.69 Å². The van der Waals surface area contributed by atoms with Gasteiger partial charge < -0.3 is 25.3 Å². The van der Waals surface area contributed by atoms with Gasteiger partial charge in [-0.15, -0.1) is 0 Å². The van der Waals surface area contributed by atoms with Crippen LogP contribution in [0.3, 0.4) is 0 Å². The Kier molecular flexibility index (Phi) is 3.33. The number of hydrazone groups is 1. The van der Waals surface area contributed by atoms with Crippen molar-refractivity contribution in [1.29, 1.82) is 0 Å². The molecule has 3 aromatic rings. The molecule has 1 unspecified atom stereocenters. The van der Waals surface area contributed by atoms with Crippen LogP contribution in [0.4, 0.5) is 0 Å². The minimum Gasteiger partial charge on any atom is -0.618 e. The van der Waals surface area contributed by atoms with Crippen molar-refractivity contribution < 1.29 is 18.9 Å². The SMILES string of the molecule is Cc1c(C2=NNC(c3ccc4c(c3)OCO4)C2)[n+]([O-])c2ccccc2[n+]1[O-]. The molecule has 2 aromatic carbocycles. The zero-order valence-electron chi connectivity index (χ0n) is 14.5. The molecule has 8 heteroatoms. The van der Waals surface area contributed by atoms with E-state index < -0.39 is 0 Å². The van der Waals surface area contributed by atoms with Crippen LogP contribution in [0.25, 0.3) is 11.0 Å². The lowest BCUT2D eigenvalue weighted by Crippen LogP contribution is -2.46. The van der Waals surface area contributed by atoms with Crippen molar-refractivity contribution in [3.63, 3.8) is 0 Å². The lowest BCUT2D eigenvalue weighted by atomic mass is 10.00. The number of hydrogen-bond acceptors (Lipinski definition) is 6. The predicted octanol–water partition coefficient (Wildman–Crippen LogP) is 1.58. The smallest absolute Gasteiger partial charge is 0.309 e. The maximum Gasteiger partial charge on any atom is 0.309 e. The van der Waals surface area contributed by atoms with Gasteiger partial charge in [0, 0.05) is 25.5 Å². The summed E-state index contributed by atoms with van der Waals surface area (Å²) in [6.45, 7) is 1.86. The van der Waals surface area contributed by atoms with Crippen molar-refractivity contribution in [3.05, 3.63) is 69.8 Å². The predicted molar refractivity (Wildman–Crippen MR) is 96.2 cm³/mol. The third-order valence-corrected chi connectivity index (χ3v) is 4.99. The zero-order chi connectivity index (χ0) is 18.5. The first-order valence-corrected chi connectivity index (χ1v) is 8.60. The van der Waals surface area contributed by atoms with Gasteiger partial charge in [0.15, 0.2) is 11.5 Å². The third kappa shape index (κ3) is 2.33. The molecule has 8 nitrogen and oxygen atoms in total.